The fourth-order valence-corrected chi connectivity index (χ4v) is 4.89. The predicted molar refractivity (Wildman–Crippen MR) is 181 cm³/mol. The number of nitrogens with one attached hydrogen (secondary N) is 3. The lowest BCUT2D eigenvalue weighted by Gasteiger charge is -2.32. The number of benzene rings is 3. The zero-order chi connectivity index (χ0) is 34.7. The second-order valence-corrected chi connectivity index (χ2v) is 12.4. The maximum absolute atomic E-state index is 13.7. The average Bonchev–Trinajstić information content (AvgIpc) is 3.05. The van der Waals surface area contributed by atoms with Gasteiger partial charge < -0.3 is 26.2 Å². The highest BCUT2D eigenvalue weighted by Crippen LogP contribution is 2.14. The van der Waals surface area contributed by atoms with Crippen molar-refractivity contribution in [3.05, 3.63) is 114 Å². The van der Waals surface area contributed by atoms with Gasteiger partial charge in [0.05, 0.1) is 30.6 Å². The molecule has 12 nitrogen and oxygen atoms in total. The Bertz CT molecular complexity index is 1700. The summed E-state index contributed by atoms with van der Waals surface area (Å²) in [5.74, 6) is -2.24. The number of rotatable bonds is 14. The van der Waals surface area contributed by atoms with Crippen LogP contribution in [-0.2, 0) is 27.3 Å². The molecule has 0 fully saturated rings. The van der Waals surface area contributed by atoms with E-state index in [1.54, 1.807) is 39.0 Å². The molecule has 6 N–H and O–H groups in total. The molecule has 0 spiro atoms. The number of carbonyl (C=O) groups is 4. The topological polar surface area (TPSA) is 176 Å². The SMILES string of the molecule is CC(C)(C)OC(=O)N(CC(O)C(Cc1ccccc1)NC(=O)[C@H](CC(N)=O)NC(=O)c1ccc2ccccc2n1)NCc1ccccc1. The molecule has 1 heterocycles. The molecule has 0 bridgehead atoms. The Labute approximate surface area is 279 Å². The number of primary amides is 1. The Hall–Kier alpha value is -5.33. The van der Waals surface area contributed by atoms with Gasteiger partial charge in [0.15, 0.2) is 0 Å². The van der Waals surface area contributed by atoms with Crippen LogP contribution < -0.4 is 21.8 Å². The molecule has 2 unspecified atom stereocenters. The Morgan fingerprint density at radius 3 is 2.12 bits per heavy atom. The van der Waals surface area contributed by atoms with Crippen molar-refractivity contribution in [2.75, 3.05) is 6.54 Å². The molecular formula is C36H42N6O6. The van der Waals surface area contributed by atoms with Crippen LogP contribution in [0.5, 0.6) is 0 Å². The molecule has 3 aromatic carbocycles. The first kappa shape index (κ1) is 35.5. The largest absolute Gasteiger partial charge is 0.443 e. The minimum absolute atomic E-state index is 0.0503. The van der Waals surface area contributed by atoms with Crippen LogP contribution in [0.25, 0.3) is 10.9 Å². The van der Waals surface area contributed by atoms with Gasteiger partial charge in [0.1, 0.15) is 17.3 Å². The summed E-state index contributed by atoms with van der Waals surface area (Å²) in [6, 6.07) is 26.7. The normalized spacial score (nSPS) is 13.2. The summed E-state index contributed by atoms with van der Waals surface area (Å²) in [6.07, 6.45) is -2.37. The van der Waals surface area contributed by atoms with Gasteiger partial charge in [-0.25, -0.2) is 20.2 Å². The Morgan fingerprint density at radius 2 is 1.48 bits per heavy atom. The molecule has 1 aromatic heterocycles. The fraction of sp³-hybridized carbons (Fsp3) is 0.306. The molecule has 3 atom stereocenters. The molecule has 4 amide bonds. The van der Waals surface area contributed by atoms with E-state index in [0.717, 1.165) is 16.5 Å². The first-order valence-electron chi connectivity index (χ1n) is 15.6. The summed E-state index contributed by atoms with van der Waals surface area (Å²) in [5, 5.41) is 18.9. The Balaban J connectivity index is 1.55. The van der Waals surface area contributed by atoms with Crippen molar-refractivity contribution in [1.29, 1.82) is 0 Å². The van der Waals surface area contributed by atoms with E-state index in [1.165, 1.54) is 11.1 Å². The summed E-state index contributed by atoms with van der Waals surface area (Å²) in [4.78, 5) is 56.5. The number of aliphatic hydroxyl groups is 1. The number of hydrogen-bond acceptors (Lipinski definition) is 8. The van der Waals surface area contributed by atoms with E-state index in [1.807, 2.05) is 72.8 Å². The van der Waals surface area contributed by atoms with Crippen LogP contribution in [0, 0.1) is 0 Å². The predicted octanol–water partition coefficient (Wildman–Crippen LogP) is 3.24. The number of fused-ring (bicyclic) bond motifs is 1. The minimum Gasteiger partial charge on any atom is -0.443 e. The summed E-state index contributed by atoms with van der Waals surface area (Å²) in [6.45, 7) is 5.19. The van der Waals surface area contributed by atoms with Crippen LogP contribution >= 0.6 is 0 Å². The quantitative estimate of drug-likeness (QED) is 0.129. The van der Waals surface area contributed by atoms with Crippen molar-refractivity contribution in [1.82, 2.24) is 26.1 Å². The zero-order valence-electron chi connectivity index (χ0n) is 27.3. The monoisotopic (exact) mass is 654 g/mol. The van der Waals surface area contributed by atoms with E-state index in [0.29, 0.717) is 5.52 Å². The highest BCUT2D eigenvalue weighted by molar-refractivity contribution is 5.99. The van der Waals surface area contributed by atoms with E-state index in [4.69, 9.17) is 10.5 Å². The van der Waals surface area contributed by atoms with Gasteiger partial charge in [0.25, 0.3) is 5.91 Å². The number of nitrogens with two attached hydrogens (primary N) is 1. The van der Waals surface area contributed by atoms with Gasteiger partial charge in [0, 0.05) is 11.9 Å². The number of hydrazine groups is 1. The molecule has 0 radical (unpaired) electrons. The van der Waals surface area contributed by atoms with Crippen molar-refractivity contribution in [2.24, 2.45) is 5.73 Å². The van der Waals surface area contributed by atoms with E-state index < -0.39 is 54.0 Å². The molecule has 0 saturated carbocycles. The highest BCUT2D eigenvalue weighted by Gasteiger charge is 2.32. The molecule has 0 aliphatic carbocycles. The molecule has 4 aromatic rings. The number of nitrogens with zero attached hydrogens (tertiary/aromatic N) is 2. The second-order valence-electron chi connectivity index (χ2n) is 12.4. The van der Waals surface area contributed by atoms with E-state index in [9.17, 15) is 24.3 Å². The molecule has 252 valence electrons. The van der Waals surface area contributed by atoms with Gasteiger partial charge in [-0.05, 0) is 50.5 Å². The third kappa shape index (κ3) is 10.9. The summed E-state index contributed by atoms with van der Waals surface area (Å²) in [5.41, 5.74) is 9.99. The highest BCUT2D eigenvalue weighted by atomic mass is 16.6. The first-order chi connectivity index (χ1) is 22.9. The van der Waals surface area contributed by atoms with Crippen LogP contribution in [0.4, 0.5) is 4.79 Å². The minimum atomic E-state index is -1.37. The Kier molecular flexibility index (Phi) is 12.2. The molecule has 4 rings (SSSR count). The molecule has 0 aliphatic rings. The number of pyridine rings is 1. The van der Waals surface area contributed by atoms with E-state index in [2.05, 4.69) is 21.0 Å². The van der Waals surface area contributed by atoms with Crippen molar-refractivity contribution in [3.8, 4) is 0 Å². The fourth-order valence-electron chi connectivity index (χ4n) is 4.89. The lowest BCUT2D eigenvalue weighted by molar-refractivity contribution is -0.128. The molecule has 0 saturated heterocycles. The number of ether oxygens (including phenoxy) is 1. The molecule has 0 aliphatic heterocycles. The molecular weight excluding hydrogens is 612 g/mol. The van der Waals surface area contributed by atoms with Crippen molar-refractivity contribution in [2.45, 2.75) is 63.9 Å². The number of para-hydroxylation sites is 1. The standard InChI is InChI=1S/C36H42N6O6/c1-36(2,3)48-35(47)42(38-22-25-14-8-5-9-15-25)23-31(43)29(20-24-12-6-4-7-13-24)40-34(46)30(21-32(37)44)41-33(45)28-19-18-26-16-10-11-17-27(26)39-28/h4-19,29-31,38,43H,20-23H2,1-3H3,(H2,37,44)(H,40,46)(H,41,45)/t29?,30-,31?/m0/s1. The Morgan fingerprint density at radius 1 is 0.854 bits per heavy atom. The van der Waals surface area contributed by atoms with E-state index >= 15 is 0 Å². The lowest BCUT2D eigenvalue weighted by Crippen LogP contribution is -2.57. The maximum atomic E-state index is 13.7. The lowest BCUT2D eigenvalue weighted by atomic mass is 10.00. The van der Waals surface area contributed by atoms with Crippen molar-refractivity contribution < 1.29 is 29.0 Å². The van der Waals surface area contributed by atoms with Gasteiger partial charge in [0.2, 0.25) is 11.8 Å². The van der Waals surface area contributed by atoms with Gasteiger partial charge in [-0.2, -0.15) is 0 Å². The maximum Gasteiger partial charge on any atom is 0.424 e. The molecule has 12 heteroatoms. The van der Waals surface area contributed by atoms with Crippen LogP contribution in [-0.4, -0.2) is 69.2 Å². The number of aromatic nitrogens is 1. The summed E-state index contributed by atoms with van der Waals surface area (Å²) in [7, 11) is 0. The van der Waals surface area contributed by atoms with Gasteiger partial charge >= 0.3 is 6.09 Å². The van der Waals surface area contributed by atoms with Crippen molar-refractivity contribution in [3.63, 3.8) is 0 Å². The second kappa shape index (κ2) is 16.5. The third-order valence-corrected chi connectivity index (χ3v) is 7.25. The van der Waals surface area contributed by atoms with Crippen LogP contribution in [0.1, 0.15) is 48.8 Å². The number of aliphatic hydroxyl groups excluding tert-OH is 1. The van der Waals surface area contributed by atoms with Crippen molar-refractivity contribution >= 4 is 34.7 Å². The number of amides is 4. The van der Waals surface area contributed by atoms with Crippen LogP contribution in [0.2, 0.25) is 0 Å². The van der Waals surface area contributed by atoms with E-state index in [-0.39, 0.29) is 25.2 Å². The zero-order valence-corrected chi connectivity index (χ0v) is 27.3. The summed E-state index contributed by atoms with van der Waals surface area (Å²) < 4.78 is 5.58. The number of carbonyl (C=O) groups excluding carboxylic acids is 4. The average molecular weight is 655 g/mol. The van der Waals surface area contributed by atoms with Gasteiger partial charge in [-0.3, -0.25) is 14.4 Å². The van der Waals surface area contributed by atoms with Crippen LogP contribution in [0.3, 0.4) is 0 Å². The molecule has 48 heavy (non-hydrogen) atoms. The van der Waals surface area contributed by atoms with Gasteiger partial charge in [-0.15, -0.1) is 0 Å². The third-order valence-electron chi connectivity index (χ3n) is 7.25. The number of hydrogen-bond donors (Lipinski definition) is 5. The first-order valence-corrected chi connectivity index (χ1v) is 15.6. The van der Waals surface area contributed by atoms with Gasteiger partial charge in [-0.1, -0.05) is 84.9 Å². The summed E-state index contributed by atoms with van der Waals surface area (Å²) >= 11 is 0. The smallest absolute Gasteiger partial charge is 0.424 e. The van der Waals surface area contributed by atoms with Crippen LogP contribution in [0.15, 0.2) is 97.1 Å².